The second-order valence-electron chi connectivity index (χ2n) is 3.81. The molecule has 0 radical (unpaired) electrons. The number of hydrogen-bond acceptors (Lipinski definition) is 1. The zero-order valence-corrected chi connectivity index (χ0v) is 10.3. The largest absolute Gasteiger partial charge is 0.341 e. The van der Waals surface area contributed by atoms with Crippen molar-refractivity contribution in [3.05, 3.63) is 41.2 Å². The third kappa shape index (κ3) is 1.98. The Balaban J connectivity index is 2.49. The summed E-state index contributed by atoms with van der Waals surface area (Å²) in [6, 6.07) is 8.22. The number of nitrogens with zero attached hydrogens (tertiary/aromatic N) is 1. The Bertz CT molecular complexity index is 467. The predicted octanol–water partition coefficient (Wildman–Crippen LogP) is 3.69. The van der Waals surface area contributed by atoms with Gasteiger partial charge in [-0.05, 0) is 18.9 Å². The summed E-state index contributed by atoms with van der Waals surface area (Å²) in [4.78, 5) is 7.89. The molecule has 2 rings (SSSR count). The van der Waals surface area contributed by atoms with E-state index in [1.54, 1.807) is 0 Å². The molecular formula is C13H15ClN2. The first kappa shape index (κ1) is 11.2. The summed E-state index contributed by atoms with van der Waals surface area (Å²) in [6.45, 7) is 4.18. The lowest BCUT2D eigenvalue weighted by Crippen LogP contribution is -1.86. The minimum atomic E-state index is 0.488. The second-order valence-corrected chi connectivity index (χ2v) is 4.08. The third-order valence-electron chi connectivity index (χ3n) is 2.73. The van der Waals surface area contributed by atoms with Gasteiger partial charge < -0.3 is 4.98 Å². The highest BCUT2D eigenvalue weighted by Crippen LogP contribution is 2.22. The molecule has 0 spiro atoms. The van der Waals surface area contributed by atoms with Crippen LogP contribution in [0.4, 0.5) is 0 Å². The molecule has 1 heterocycles. The van der Waals surface area contributed by atoms with Crippen LogP contribution in [0.5, 0.6) is 0 Å². The molecule has 2 nitrogen and oxygen atoms in total. The maximum Gasteiger partial charge on any atom is 0.138 e. The van der Waals surface area contributed by atoms with Crippen molar-refractivity contribution >= 4 is 11.6 Å². The Kier molecular flexibility index (Phi) is 3.30. The molecule has 2 aromatic rings. The molecule has 0 fully saturated rings. The molecule has 3 heteroatoms. The van der Waals surface area contributed by atoms with Gasteiger partial charge in [0, 0.05) is 5.56 Å². The van der Waals surface area contributed by atoms with E-state index >= 15 is 0 Å². The highest BCUT2D eigenvalue weighted by atomic mass is 35.5. The van der Waals surface area contributed by atoms with Gasteiger partial charge in [-0.3, -0.25) is 0 Å². The average molecular weight is 235 g/mol. The molecule has 16 heavy (non-hydrogen) atoms. The standard InChI is InChI=1S/C13H15ClN2/c1-3-11-12(8-14)16-13(15-11)10-7-5-4-6-9(10)2/h4-7H,3,8H2,1-2H3,(H,15,16). The van der Waals surface area contributed by atoms with Gasteiger partial charge in [-0.25, -0.2) is 4.98 Å². The Morgan fingerprint density at radius 1 is 1.31 bits per heavy atom. The van der Waals surface area contributed by atoms with Crippen molar-refractivity contribution in [2.24, 2.45) is 0 Å². The zero-order chi connectivity index (χ0) is 11.5. The molecule has 84 valence electrons. The van der Waals surface area contributed by atoms with Crippen LogP contribution in [0.3, 0.4) is 0 Å². The van der Waals surface area contributed by atoms with Crippen molar-refractivity contribution in [1.82, 2.24) is 9.97 Å². The van der Waals surface area contributed by atoms with Crippen molar-refractivity contribution in [2.45, 2.75) is 26.1 Å². The molecule has 0 saturated heterocycles. The summed E-state index contributed by atoms with van der Waals surface area (Å²) in [6.07, 6.45) is 0.907. The number of aryl methyl sites for hydroxylation is 2. The summed E-state index contributed by atoms with van der Waals surface area (Å²) in [7, 11) is 0. The number of nitrogens with one attached hydrogen (secondary N) is 1. The number of benzene rings is 1. The fourth-order valence-corrected chi connectivity index (χ4v) is 2.04. The van der Waals surface area contributed by atoms with E-state index < -0.39 is 0 Å². The van der Waals surface area contributed by atoms with E-state index in [0.717, 1.165) is 29.2 Å². The molecule has 0 bridgehead atoms. The molecule has 1 N–H and O–H groups in total. The van der Waals surface area contributed by atoms with Gasteiger partial charge in [0.25, 0.3) is 0 Å². The van der Waals surface area contributed by atoms with E-state index in [1.807, 2.05) is 12.1 Å². The SMILES string of the molecule is CCc1nc(-c2ccccc2C)[nH]c1CCl. The van der Waals surface area contributed by atoms with E-state index in [0.29, 0.717) is 5.88 Å². The van der Waals surface area contributed by atoms with Crippen molar-refractivity contribution in [3.8, 4) is 11.4 Å². The van der Waals surface area contributed by atoms with E-state index in [1.165, 1.54) is 5.56 Å². The van der Waals surface area contributed by atoms with Gasteiger partial charge in [0.15, 0.2) is 0 Å². The van der Waals surface area contributed by atoms with E-state index in [-0.39, 0.29) is 0 Å². The van der Waals surface area contributed by atoms with Gasteiger partial charge in [0.05, 0.1) is 17.3 Å². The molecule has 1 aromatic heterocycles. The number of alkyl halides is 1. The quantitative estimate of drug-likeness (QED) is 0.807. The van der Waals surface area contributed by atoms with Crippen LogP contribution in [0, 0.1) is 6.92 Å². The van der Waals surface area contributed by atoms with Crippen LogP contribution in [0.2, 0.25) is 0 Å². The Morgan fingerprint density at radius 3 is 2.62 bits per heavy atom. The molecule has 0 amide bonds. The van der Waals surface area contributed by atoms with Crippen LogP contribution in [0.25, 0.3) is 11.4 Å². The van der Waals surface area contributed by atoms with Gasteiger partial charge in [0.1, 0.15) is 5.82 Å². The lowest BCUT2D eigenvalue weighted by molar-refractivity contribution is 1.03. The van der Waals surface area contributed by atoms with Crippen LogP contribution >= 0.6 is 11.6 Å². The van der Waals surface area contributed by atoms with Gasteiger partial charge >= 0.3 is 0 Å². The molecule has 0 aliphatic heterocycles. The maximum absolute atomic E-state index is 5.88. The Hall–Kier alpha value is -1.28. The zero-order valence-electron chi connectivity index (χ0n) is 9.55. The molecule has 0 aliphatic carbocycles. The van der Waals surface area contributed by atoms with Gasteiger partial charge in [-0.15, -0.1) is 11.6 Å². The van der Waals surface area contributed by atoms with Crippen LogP contribution in [0.15, 0.2) is 24.3 Å². The van der Waals surface area contributed by atoms with Crippen molar-refractivity contribution < 1.29 is 0 Å². The number of H-pyrrole nitrogens is 1. The fraction of sp³-hybridized carbons (Fsp3) is 0.308. The van der Waals surface area contributed by atoms with Crippen molar-refractivity contribution in [3.63, 3.8) is 0 Å². The van der Waals surface area contributed by atoms with Gasteiger partial charge in [0.2, 0.25) is 0 Å². The minimum Gasteiger partial charge on any atom is -0.341 e. The summed E-state index contributed by atoms with van der Waals surface area (Å²) >= 11 is 5.88. The number of imidazole rings is 1. The predicted molar refractivity (Wildman–Crippen MR) is 67.7 cm³/mol. The average Bonchev–Trinajstić information content (AvgIpc) is 2.72. The summed E-state index contributed by atoms with van der Waals surface area (Å²) in [5.41, 5.74) is 4.46. The molecule has 0 aliphatic rings. The van der Waals surface area contributed by atoms with E-state index in [4.69, 9.17) is 11.6 Å². The minimum absolute atomic E-state index is 0.488. The monoisotopic (exact) mass is 234 g/mol. The Morgan fingerprint density at radius 2 is 2.06 bits per heavy atom. The third-order valence-corrected chi connectivity index (χ3v) is 3.00. The van der Waals surface area contributed by atoms with Crippen LogP contribution in [-0.2, 0) is 12.3 Å². The van der Waals surface area contributed by atoms with Crippen molar-refractivity contribution in [1.29, 1.82) is 0 Å². The number of rotatable bonds is 3. The molecular weight excluding hydrogens is 220 g/mol. The van der Waals surface area contributed by atoms with Crippen molar-refractivity contribution in [2.75, 3.05) is 0 Å². The van der Waals surface area contributed by atoms with E-state index in [9.17, 15) is 0 Å². The number of halogens is 1. The van der Waals surface area contributed by atoms with Crippen LogP contribution < -0.4 is 0 Å². The summed E-state index contributed by atoms with van der Waals surface area (Å²) < 4.78 is 0. The van der Waals surface area contributed by atoms with Crippen LogP contribution in [0.1, 0.15) is 23.9 Å². The smallest absolute Gasteiger partial charge is 0.138 e. The fourth-order valence-electron chi connectivity index (χ4n) is 1.81. The Labute approximate surface area is 101 Å². The first-order valence-corrected chi connectivity index (χ1v) is 5.99. The highest BCUT2D eigenvalue weighted by molar-refractivity contribution is 6.17. The number of aromatic nitrogens is 2. The molecule has 0 atom stereocenters. The maximum atomic E-state index is 5.88. The first-order chi connectivity index (χ1) is 7.76. The van der Waals surface area contributed by atoms with Crippen LogP contribution in [-0.4, -0.2) is 9.97 Å². The molecule has 0 saturated carbocycles. The highest BCUT2D eigenvalue weighted by Gasteiger charge is 2.10. The number of hydrogen-bond donors (Lipinski definition) is 1. The lowest BCUT2D eigenvalue weighted by Gasteiger charge is -2.00. The first-order valence-electron chi connectivity index (χ1n) is 5.46. The second kappa shape index (κ2) is 4.71. The van der Waals surface area contributed by atoms with E-state index in [2.05, 4.69) is 35.9 Å². The number of aromatic amines is 1. The normalized spacial score (nSPS) is 10.7. The molecule has 1 aromatic carbocycles. The summed E-state index contributed by atoms with van der Waals surface area (Å²) in [5, 5.41) is 0. The lowest BCUT2D eigenvalue weighted by atomic mass is 10.1. The van der Waals surface area contributed by atoms with Gasteiger partial charge in [-0.2, -0.15) is 0 Å². The topological polar surface area (TPSA) is 28.7 Å². The summed E-state index contributed by atoms with van der Waals surface area (Å²) in [5.74, 6) is 1.41. The van der Waals surface area contributed by atoms with Gasteiger partial charge in [-0.1, -0.05) is 31.2 Å². The molecule has 0 unspecified atom stereocenters.